The van der Waals surface area contributed by atoms with Crippen LogP contribution in [0.5, 0.6) is 0 Å². The van der Waals surface area contributed by atoms with Gasteiger partial charge in [-0.05, 0) is 43.0 Å². The minimum atomic E-state index is -0.0228. The van der Waals surface area contributed by atoms with Crippen molar-refractivity contribution in [3.05, 3.63) is 23.8 Å². The molecule has 0 saturated heterocycles. The van der Waals surface area contributed by atoms with Crippen molar-refractivity contribution in [1.29, 1.82) is 0 Å². The summed E-state index contributed by atoms with van der Waals surface area (Å²) >= 11 is 1.63. The van der Waals surface area contributed by atoms with Crippen molar-refractivity contribution in [3.63, 3.8) is 0 Å². The monoisotopic (exact) mass is 264 g/mol. The number of thioether (sulfide) groups is 1. The van der Waals surface area contributed by atoms with Crippen LogP contribution in [0.2, 0.25) is 0 Å². The molecule has 0 fully saturated rings. The summed E-state index contributed by atoms with van der Waals surface area (Å²) in [6, 6.07) is 6.27. The van der Waals surface area contributed by atoms with Crippen LogP contribution in [0.25, 0.3) is 0 Å². The number of hydrogen-bond acceptors (Lipinski definition) is 3. The van der Waals surface area contributed by atoms with E-state index in [4.69, 9.17) is 5.73 Å². The van der Waals surface area contributed by atoms with Gasteiger partial charge < -0.3 is 11.1 Å². The number of anilines is 1. The number of carbonyl (C=O) groups excluding carboxylic acids is 1. The summed E-state index contributed by atoms with van der Waals surface area (Å²) in [7, 11) is 0. The maximum absolute atomic E-state index is 11.6. The molecule has 0 aromatic heterocycles. The molecule has 1 unspecified atom stereocenters. The lowest BCUT2D eigenvalue weighted by molar-refractivity contribution is -0.115. The first-order valence-corrected chi connectivity index (χ1v) is 7.14. The van der Waals surface area contributed by atoms with E-state index in [1.807, 2.05) is 13.0 Å². The maximum atomic E-state index is 11.6. The zero-order chi connectivity index (χ0) is 13.3. The van der Waals surface area contributed by atoms with Gasteiger partial charge in [0.2, 0.25) is 5.91 Å². The molecule has 0 saturated carbocycles. The molecule has 1 aromatic rings. The molecule has 0 bridgehead atoms. The molecule has 3 N–H and O–H groups in total. The normalized spacial score (nSPS) is 19.3. The number of rotatable bonds is 3. The van der Waals surface area contributed by atoms with E-state index in [1.54, 1.807) is 11.8 Å². The van der Waals surface area contributed by atoms with Crippen molar-refractivity contribution in [2.45, 2.75) is 42.8 Å². The zero-order valence-corrected chi connectivity index (χ0v) is 11.9. The molecule has 2 rings (SSSR count). The van der Waals surface area contributed by atoms with E-state index < -0.39 is 0 Å². The average molecular weight is 264 g/mol. The summed E-state index contributed by atoms with van der Waals surface area (Å²) in [6.07, 6.45) is 0.957. The summed E-state index contributed by atoms with van der Waals surface area (Å²) in [5.41, 5.74) is 7.95. The Balaban J connectivity index is 2.33. The second kappa shape index (κ2) is 4.94. The van der Waals surface area contributed by atoms with Crippen molar-refractivity contribution in [3.8, 4) is 0 Å². The molecule has 4 heteroatoms. The number of hydrogen-bond donors (Lipinski definition) is 2. The molecule has 1 aliphatic rings. The van der Waals surface area contributed by atoms with Gasteiger partial charge in [-0.2, -0.15) is 0 Å². The van der Waals surface area contributed by atoms with Crippen LogP contribution in [0.1, 0.15) is 32.8 Å². The molecular formula is C14H20N2OS. The van der Waals surface area contributed by atoms with Crippen LogP contribution in [0.15, 0.2) is 23.1 Å². The second-order valence-corrected chi connectivity index (χ2v) is 6.77. The van der Waals surface area contributed by atoms with Crippen LogP contribution in [-0.2, 0) is 10.2 Å². The number of nitrogens with one attached hydrogen (secondary N) is 1. The smallest absolute Gasteiger partial charge is 0.237 e. The van der Waals surface area contributed by atoms with Gasteiger partial charge >= 0.3 is 0 Å². The highest BCUT2D eigenvalue weighted by Gasteiger charge is 2.26. The number of benzene rings is 1. The van der Waals surface area contributed by atoms with Crippen LogP contribution in [-0.4, -0.2) is 17.7 Å². The van der Waals surface area contributed by atoms with Gasteiger partial charge in [-0.3, -0.25) is 4.79 Å². The van der Waals surface area contributed by atoms with E-state index in [2.05, 4.69) is 31.3 Å². The van der Waals surface area contributed by atoms with Gasteiger partial charge in [0.1, 0.15) is 0 Å². The summed E-state index contributed by atoms with van der Waals surface area (Å²) in [4.78, 5) is 12.7. The Morgan fingerprint density at radius 2 is 2.17 bits per heavy atom. The van der Waals surface area contributed by atoms with E-state index in [0.29, 0.717) is 6.54 Å². The van der Waals surface area contributed by atoms with E-state index in [1.165, 1.54) is 5.56 Å². The first-order chi connectivity index (χ1) is 8.44. The minimum absolute atomic E-state index is 0.0228. The highest BCUT2D eigenvalue weighted by atomic mass is 32.2. The number of amides is 1. The molecule has 98 valence electrons. The van der Waals surface area contributed by atoms with Gasteiger partial charge in [0, 0.05) is 4.90 Å². The predicted octanol–water partition coefficient (Wildman–Crippen LogP) is 2.75. The van der Waals surface area contributed by atoms with Crippen LogP contribution < -0.4 is 11.1 Å². The molecular weight excluding hydrogens is 244 g/mol. The molecule has 1 aliphatic heterocycles. The van der Waals surface area contributed by atoms with Gasteiger partial charge in [0.15, 0.2) is 0 Å². The van der Waals surface area contributed by atoms with Gasteiger partial charge in [-0.1, -0.05) is 19.9 Å². The molecule has 1 aromatic carbocycles. The van der Waals surface area contributed by atoms with Gasteiger partial charge in [-0.15, -0.1) is 11.8 Å². The zero-order valence-electron chi connectivity index (χ0n) is 11.1. The Morgan fingerprint density at radius 1 is 1.44 bits per heavy atom. The van der Waals surface area contributed by atoms with Crippen LogP contribution in [0.3, 0.4) is 0 Å². The molecule has 0 aliphatic carbocycles. The van der Waals surface area contributed by atoms with Gasteiger partial charge in [0.05, 0.1) is 10.9 Å². The summed E-state index contributed by atoms with van der Waals surface area (Å²) in [6.45, 7) is 7.03. The Morgan fingerprint density at radius 3 is 2.83 bits per heavy atom. The Kier molecular flexibility index (Phi) is 3.69. The lowest BCUT2D eigenvalue weighted by Crippen LogP contribution is -2.27. The fourth-order valence-corrected chi connectivity index (χ4v) is 3.12. The predicted molar refractivity (Wildman–Crippen MR) is 77.1 cm³/mol. The summed E-state index contributed by atoms with van der Waals surface area (Å²) < 4.78 is 0. The van der Waals surface area contributed by atoms with E-state index in [-0.39, 0.29) is 16.6 Å². The first kappa shape index (κ1) is 13.4. The standard InChI is InChI=1S/C14H20N2OS/c1-9-13(17)16-11-5-4-10(8-12(11)18-9)14(2,3)6-7-15/h4-5,8-9H,6-7,15H2,1-3H3,(H,16,17). The quantitative estimate of drug-likeness (QED) is 0.882. The number of fused-ring (bicyclic) bond motifs is 1. The molecule has 18 heavy (non-hydrogen) atoms. The van der Waals surface area contributed by atoms with E-state index in [9.17, 15) is 4.79 Å². The third-order valence-corrected chi connectivity index (χ3v) is 4.62. The SMILES string of the molecule is CC1Sc2cc(C(C)(C)CCN)ccc2NC1=O. The fraction of sp³-hybridized carbons (Fsp3) is 0.500. The summed E-state index contributed by atoms with van der Waals surface area (Å²) in [5, 5.41) is 2.91. The largest absolute Gasteiger partial charge is 0.330 e. The third kappa shape index (κ3) is 2.54. The van der Waals surface area contributed by atoms with Crippen LogP contribution >= 0.6 is 11.8 Å². The maximum Gasteiger partial charge on any atom is 0.237 e. The molecule has 3 nitrogen and oxygen atoms in total. The van der Waals surface area contributed by atoms with Crippen molar-refractivity contribution in [2.75, 3.05) is 11.9 Å². The Labute approximate surface area is 113 Å². The van der Waals surface area contributed by atoms with Crippen molar-refractivity contribution in [2.24, 2.45) is 5.73 Å². The van der Waals surface area contributed by atoms with Crippen molar-refractivity contribution >= 4 is 23.4 Å². The van der Waals surface area contributed by atoms with E-state index >= 15 is 0 Å². The molecule has 1 atom stereocenters. The topological polar surface area (TPSA) is 55.1 Å². The van der Waals surface area contributed by atoms with Gasteiger partial charge in [0.25, 0.3) is 0 Å². The third-order valence-electron chi connectivity index (χ3n) is 3.46. The highest BCUT2D eigenvalue weighted by Crippen LogP contribution is 2.39. The number of nitrogens with two attached hydrogens (primary N) is 1. The molecule has 0 spiro atoms. The lowest BCUT2D eigenvalue weighted by Gasteiger charge is -2.28. The average Bonchev–Trinajstić information content (AvgIpc) is 2.30. The van der Waals surface area contributed by atoms with E-state index in [0.717, 1.165) is 17.0 Å². The highest BCUT2D eigenvalue weighted by molar-refractivity contribution is 8.00. The van der Waals surface area contributed by atoms with Gasteiger partial charge in [-0.25, -0.2) is 0 Å². The molecule has 0 radical (unpaired) electrons. The van der Waals surface area contributed by atoms with Crippen LogP contribution in [0.4, 0.5) is 5.69 Å². The summed E-state index contributed by atoms with van der Waals surface area (Å²) in [5.74, 6) is 0.0847. The Hall–Kier alpha value is -1.00. The lowest BCUT2D eigenvalue weighted by atomic mass is 9.81. The molecule has 1 heterocycles. The van der Waals surface area contributed by atoms with Crippen LogP contribution in [0, 0.1) is 0 Å². The second-order valence-electron chi connectivity index (χ2n) is 5.38. The Bertz CT molecular complexity index is 471. The van der Waals surface area contributed by atoms with Crippen molar-refractivity contribution in [1.82, 2.24) is 0 Å². The fourth-order valence-electron chi connectivity index (χ4n) is 2.13. The molecule has 1 amide bonds. The number of carbonyl (C=O) groups is 1. The first-order valence-electron chi connectivity index (χ1n) is 6.26. The minimum Gasteiger partial charge on any atom is -0.330 e. The van der Waals surface area contributed by atoms with Crippen molar-refractivity contribution < 1.29 is 4.79 Å².